The molecule has 0 amide bonds. The minimum Gasteiger partial charge on any atom is -0.306 e. The Morgan fingerprint density at radius 3 is 2.08 bits per heavy atom. The molecule has 0 aliphatic heterocycles. The molecule has 0 saturated heterocycles. The third-order valence-electron chi connectivity index (χ3n) is 4.97. The van der Waals surface area contributed by atoms with Crippen LogP contribution in [0.1, 0.15) is 34.7 Å². The molecule has 25 heavy (non-hydrogen) atoms. The highest BCUT2D eigenvalue weighted by molar-refractivity contribution is 5.79. The maximum Gasteiger partial charge on any atom is 0.0328 e. The van der Waals surface area contributed by atoms with E-state index in [-0.39, 0.29) is 0 Å². The van der Waals surface area contributed by atoms with Gasteiger partial charge in [0.1, 0.15) is 0 Å². The number of aryl methyl sites for hydroxylation is 1. The Labute approximate surface area is 150 Å². The van der Waals surface area contributed by atoms with Gasteiger partial charge in [-0.3, -0.25) is 0 Å². The van der Waals surface area contributed by atoms with Gasteiger partial charge in [0.05, 0.1) is 0 Å². The van der Waals surface area contributed by atoms with Gasteiger partial charge in [0.25, 0.3) is 0 Å². The fourth-order valence-electron chi connectivity index (χ4n) is 3.71. The van der Waals surface area contributed by atoms with Crippen molar-refractivity contribution in [3.8, 4) is 0 Å². The van der Waals surface area contributed by atoms with E-state index in [0.29, 0.717) is 6.04 Å². The van der Waals surface area contributed by atoms with Crippen LogP contribution in [-0.2, 0) is 6.42 Å². The molecule has 1 aliphatic rings. The zero-order valence-corrected chi connectivity index (χ0v) is 14.4. The van der Waals surface area contributed by atoms with Crippen molar-refractivity contribution in [3.05, 3.63) is 113 Å². The number of rotatable bonds is 5. The second-order valence-corrected chi connectivity index (χ2v) is 6.55. The average Bonchev–Trinajstić information content (AvgIpc) is 3.10. The van der Waals surface area contributed by atoms with Crippen LogP contribution in [0.3, 0.4) is 0 Å². The lowest BCUT2D eigenvalue weighted by atomic mass is 9.97. The first-order chi connectivity index (χ1) is 12.4. The van der Waals surface area contributed by atoms with E-state index in [9.17, 15) is 0 Å². The van der Waals surface area contributed by atoms with Crippen LogP contribution in [0.15, 0.2) is 91.0 Å². The first kappa shape index (κ1) is 15.9. The van der Waals surface area contributed by atoms with Crippen LogP contribution in [0.2, 0.25) is 0 Å². The van der Waals surface area contributed by atoms with Crippen LogP contribution in [0.5, 0.6) is 0 Å². The topological polar surface area (TPSA) is 12.0 Å². The Bertz CT molecular complexity index is 808. The molecule has 1 aliphatic carbocycles. The fraction of sp³-hybridized carbons (Fsp3) is 0.167. The van der Waals surface area contributed by atoms with E-state index < -0.39 is 0 Å². The second-order valence-electron chi connectivity index (χ2n) is 6.55. The van der Waals surface area contributed by atoms with Crippen LogP contribution < -0.4 is 5.32 Å². The molecule has 0 unspecified atom stereocenters. The van der Waals surface area contributed by atoms with Gasteiger partial charge in [-0.2, -0.15) is 0 Å². The van der Waals surface area contributed by atoms with Crippen LogP contribution in [0, 0.1) is 0 Å². The summed E-state index contributed by atoms with van der Waals surface area (Å²) in [5.74, 6) is 0. The molecule has 1 N–H and O–H groups in total. The molecule has 0 bridgehead atoms. The molecule has 0 radical (unpaired) electrons. The third kappa shape index (κ3) is 3.57. The molecular weight excluding hydrogens is 302 g/mol. The summed E-state index contributed by atoms with van der Waals surface area (Å²) in [6, 6.07) is 30.6. The van der Waals surface area contributed by atoms with E-state index in [2.05, 4.69) is 96.3 Å². The lowest BCUT2D eigenvalue weighted by Crippen LogP contribution is -2.19. The molecule has 1 atom stereocenters. The predicted molar refractivity (Wildman–Crippen MR) is 105 cm³/mol. The Kier molecular flexibility index (Phi) is 4.76. The summed E-state index contributed by atoms with van der Waals surface area (Å²) in [4.78, 5) is 0. The van der Waals surface area contributed by atoms with Crippen molar-refractivity contribution < 1.29 is 0 Å². The standard InChI is InChI=1S/C24H23N/c1-3-9-19(10-4-1)22(20-11-5-2-6-12-20)17-18-25-24-16-15-21-13-7-8-14-23(21)24/h1-14,17,24-25H,15-16,18H2/t24-/m1/s1. The van der Waals surface area contributed by atoms with Gasteiger partial charge in [0, 0.05) is 12.6 Å². The summed E-state index contributed by atoms with van der Waals surface area (Å²) in [6.07, 6.45) is 4.70. The molecule has 0 aromatic heterocycles. The molecular formula is C24H23N. The third-order valence-corrected chi connectivity index (χ3v) is 4.97. The number of benzene rings is 3. The second kappa shape index (κ2) is 7.50. The molecule has 3 aromatic rings. The zero-order chi connectivity index (χ0) is 16.9. The summed E-state index contributed by atoms with van der Waals surface area (Å²) in [7, 11) is 0. The van der Waals surface area contributed by atoms with Crippen molar-refractivity contribution in [1.82, 2.24) is 5.32 Å². The highest BCUT2D eigenvalue weighted by Crippen LogP contribution is 2.30. The van der Waals surface area contributed by atoms with E-state index in [0.717, 1.165) is 6.54 Å². The Morgan fingerprint density at radius 2 is 1.40 bits per heavy atom. The normalized spacial score (nSPS) is 15.6. The minimum absolute atomic E-state index is 0.472. The quantitative estimate of drug-likeness (QED) is 0.662. The van der Waals surface area contributed by atoms with Gasteiger partial charge in [0.2, 0.25) is 0 Å². The lowest BCUT2D eigenvalue weighted by Gasteiger charge is -2.14. The Morgan fingerprint density at radius 1 is 0.800 bits per heavy atom. The molecule has 3 aromatic carbocycles. The van der Waals surface area contributed by atoms with Crippen molar-refractivity contribution >= 4 is 5.57 Å². The number of fused-ring (bicyclic) bond motifs is 1. The van der Waals surface area contributed by atoms with Crippen LogP contribution in [0.4, 0.5) is 0 Å². The first-order valence-electron chi connectivity index (χ1n) is 9.04. The molecule has 0 saturated carbocycles. The molecule has 1 nitrogen and oxygen atoms in total. The largest absolute Gasteiger partial charge is 0.306 e. The monoisotopic (exact) mass is 325 g/mol. The van der Waals surface area contributed by atoms with Crippen molar-refractivity contribution in [2.45, 2.75) is 18.9 Å². The van der Waals surface area contributed by atoms with Crippen molar-refractivity contribution in [2.75, 3.05) is 6.54 Å². The summed E-state index contributed by atoms with van der Waals surface area (Å²) >= 11 is 0. The molecule has 124 valence electrons. The maximum atomic E-state index is 3.73. The van der Waals surface area contributed by atoms with Crippen molar-refractivity contribution in [1.29, 1.82) is 0 Å². The van der Waals surface area contributed by atoms with Gasteiger partial charge in [0.15, 0.2) is 0 Å². The highest BCUT2D eigenvalue weighted by atomic mass is 14.9. The Hall–Kier alpha value is -2.64. The van der Waals surface area contributed by atoms with E-state index in [4.69, 9.17) is 0 Å². The predicted octanol–water partition coefficient (Wildman–Crippen LogP) is 5.40. The molecule has 1 heteroatoms. The Balaban J connectivity index is 1.55. The van der Waals surface area contributed by atoms with Gasteiger partial charge in [-0.15, -0.1) is 0 Å². The van der Waals surface area contributed by atoms with Gasteiger partial charge < -0.3 is 5.32 Å². The van der Waals surface area contributed by atoms with E-state index in [1.54, 1.807) is 0 Å². The number of hydrogen-bond donors (Lipinski definition) is 1. The summed E-state index contributed by atoms with van der Waals surface area (Å²) in [6.45, 7) is 0.873. The van der Waals surface area contributed by atoms with Crippen molar-refractivity contribution in [2.24, 2.45) is 0 Å². The van der Waals surface area contributed by atoms with Gasteiger partial charge >= 0.3 is 0 Å². The van der Waals surface area contributed by atoms with E-state index in [1.165, 1.54) is 40.7 Å². The molecule has 4 rings (SSSR count). The van der Waals surface area contributed by atoms with Gasteiger partial charge in [-0.1, -0.05) is 91.0 Å². The van der Waals surface area contributed by atoms with Crippen LogP contribution in [-0.4, -0.2) is 6.54 Å². The number of hydrogen-bond acceptors (Lipinski definition) is 1. The van der Waals surface area contributed by atoms with Crippen molar-refractivity contribution in [3.63, 3.8) is 0 Å². The summed E-state index contributed by atoms with van der Waals surface area (Å²) in [5.41, 5.74) is 6.79. The summed E-state index contributed by atoms with van der Waals surface area (Å²) in [5, 5.41) is 3.73. The lowest BCUT2D eigenvalue weighted by molar-refractivity contribution is 0.564. The first-order valence-corrected chi connectivity index (χ1v) is 9.04. The van der Waals surface area contributed by atoms with Gasteiger partial charge in [-0.25, -0.2) is 0 Å². The summed E-state index contributed by atoms with van der Waals surface area (Å²) < 4.78 is 0. The number of nitrogens with one attached hydrogen (secondary N) is 1. The fourth-order valence-corrected chi connectivity index (χ4v) is 3.71. The molecule has 0 heterocycles. The van der Waals surface area contributed by atoms with E-state index >= 15 is 0 Å². The smallest absolute Gasteiger partial charge is 0.0328 e. The van der Waals surface area contributed by atoms with Crippen LogP contribution in [0.25, 0.3) is 5.57 Å². The van der Waals surface area contributed by atoms with Gasteiger partial charge in [-0.05, 0) is 40.7 Å². The molecule has 0 spiro atoms. The van der Waals surface area contributed by atoms with E-state index in [1.807, 2.05) is 0 Å². The maximum absolute atomic E-state index is 3.73. The minimum atomic E-state index is 0.472. The average molecular weight is 325 g/mol. The zero-order valence-electron chi connectivity index (χ0n) is 14.4. The SMILES string of the molecule is C(CN[C@@H]1CCc2ccccc21)=C(c1ccccc1)c1ccccc1. The highest BCUT2D eigenvalue weighted by Gasteiger charge is 2.20. The van der Waals surface area contributed by atoms with Crippen LogP contribution >= 0.6 is 0 Å². The molecule has 0 fully saturated rings.